The average Bonchev–Trinajstić information content (AvgIpc) is 3.68. The molecule has 0 heterocycles. The van der Waals surface area contributed by atoms with Crippen LogP contribution in [-0.2, 0) is 65.4 Å². The molecule has 0 bridgehead atoms. The van der Waals surface area contributed by atoms with Crippen LogP contribution in [0.3, 0.4) is 0 Å². The fourth-order valence-electron chi connectivity index (χ4n) is 9.93. The minimum absolute atomic E-state index is 0.104. The Balaban J connectivity index is 5.24. The smallest absolute Gasteiger partial charge is 0.462 e. The molecule has 0 saturated heterocycles. The molecule has 0 amide bonds. The summed E-state index contributed by atoms with van der Waals surface area (Å²) in [4.78, 5) is 72.3. The van der Waals surface area contributed by atoms with E-state index in [0.29, 0.717) is 31.6 Å². The summed E-state index contributed by atoms with van der Waals surface area (Å²) in [5.41, 5.74) is 0. The van der Waals surface area contributed by atoms with Crippen molar-refractivity contribution in [3.8, 4) is 0 Å². The zero-order valence-corrected chi connectivity index (χ0v) is 57.7. The number of ether oxygens (including phenoxy) is 4. The lowest BCUT2D eigenvalue weighted by molar-refractivity contribution is -0.161. The maximum absolute atomic E-state index is 13.0. The fraction of sp³-hybridized carbons (Fsp3) is 0.940. The van der Waals surface area contributed by atoms with Crippen LogP contribution in [0.5, 0.6) is 0 Å². The van der Waals surface area contributed by atoms with Gasteiger partial charge in [-0.05, 0) is 49.4 Å². The van der Waals surface area contributed by atoms with Crippen LogP contribution in [0.25, 0.3) is 0 Å². The van der Waals surface area contributed by atoms with E-state index >= 15 is 0 Å². The second kappa shape index (κ2) is 57.0. The van der Waals surface area contributed by atoms with Crippen LogP contribution < -0.4 is 0 Å². The van der Waals surface area contributed by atoms with E-state index in [4.69, 9.17) is 37.0 Å². The summed E-state index contributed by atoms with van der Waals surface area (Å²) in [5.74, 6) is 0.787. The molecule has 0 spiro atoms. The number of phosphoric acid groups is 2. The van der Waals surface area contributed by atoms with Gasteiger partial charge in [0.25, 0.3) is 0 Å². The van der Waals surface area contributed by atoms with E-state index in [1.165, 1.54) is 116 Å². The first-order valence-corrected chi connectivity index (χ1v) is 37.7. The van der Waals surface area contributed by atoms with Crippen LogP contribution in [-0.4, -0.2) is 96.7 Å². The van der Waals surface area contributed by atoms with Crippen molar-refractivity contribution < 1.29 is 80.2 Å². The van der Waals surface area contributed by atoms with Crippen LogP contribution in [0.2, 0.25) is 0 Å². The maximum Gasteiger partial charge on any atom is 0.472 e. The van der Waals surface area contributed by atoms with Crippen molar-refractivity contribution in [1.29, 1.82) is 0 Å². The molecule has 17 nitrogen and oxygen atoms in total. The highest BCUT2D eigenvalue weighted by molar-refractivity contribution is 7.47. The molecule has 19 heteroatoms. The number of aliphatic hydroxyl groups is 1. The van der Waals surface area contributed by atoms with Crippen LogP contribution in [0.1, 0.15) is 325 Å². The van der Waals surface area contributed by atoms with E-state index in [9.17, 15) is 43.2 Å². The molecule has 0 aliphatic carbocycles. The third-order valence-corrected chi connectivity index (χ3v) is 17.6. The van der Waals surface area contributed by atoms with Gasteiger partial charge in [-0.15, -0.1) is 0 Å². The van der Waals surface area contributed by atoms with Gasteiger partial charge in [-0.25, -0.2) is 9.13 Å². The molecule has 0 aromatic heterocycles. The van der Waals surface area contributed by atoms with Crippen LogP contribution >= 0.6 is 15.6 Å². The Kier molecular flexibility index (Phi) is 55.7. The number of unbranched alkanes of at least 4 members (excludes halogenated alkanes) is 29. The van der Waals surface area contributed by atoms with Crippen molar-refractivity contribution in [2.24, 2.45) is 23.7 Å². The lowest BCUT2D eigenvalue weighted by Crippen LogP contribution is -2.30. The van der Waals surface area contributed by atoms with Crippen molar-refractivity contribution in [3.05, 3.63) is 0 Å². The summed E-state index contributed by atoms with van der Waals surface area (Å²) >= 11 is 0. The third kappa shape index (κ3) is 59.7. The van der Waals surface area contributed by atoms with E-state index in [0.717, 1.165) is 120 Å². The molecule has 0 radical (unpaired) electrons. The van der Waals surface area contributed by atoms with Crippen LogP contribution in [0, 0.1) is 23.7 Å². The van der Waals surface area contributed by atoms with Gasteiger partial charge in [0.2, 0.25) is 0 Å². The van der Waals surface area contributed by atoms with Crippen LogP contribution in [0.4, 0.5) is 0 Å². The van der Waals surface area contributed by atoms with Gasteiger partial charge in [0.15, 0.2) is 12.2 Å². The van der Waals surface area contributed by atoms with Crippen molar-refractivity contribution in [2.45, 2.75) is 343 Å². The zero-order valence-electron chi connectivity index (χ0n) is 55.9. The highest BCUT2D eigenvalue weighted by atomic mass is 31.2. The second-order valence-corrected chi connectivity index (χ2v) is 28.8. The topological polar surface area (TPSA) is 237 Å². The van der Waals surface area contributed by atoms with Gasteiger partial charge in [0, 0.05) is 25.7 Å². The Morgan fingerprint density at radius 1 is 0.326 bits per heavy atom. The van der Waals surface area contributed by atoms with Crippen molar-refractivity contribution in [3.63, 3.8) is 0 Å². The second-order valence-electron chi connectivity index (χ2n) is 25.9. The molecule has 3 N–H and O–H groups in total. The standard InChI is InChI=1S/C67H130O17P2/c1-9-60(8)46-38-30-24-26-32-40-48-65(70)78-54-63(84-67(72)50-42-34-22-18-14-16-20-28-36-44-58(4)5)56-82-86(75,76)80-52-61(68)51-79-85(73,74)81-55-62(53-77-64(69)47-39-31-25-23-29-37-45-59(6)7)83-66(71)49-41-33-21-17-13-11-10-12-15-19-27-35-43-57(2)3/h57-63,68H,9-56H2,1-8H3,(H,73,74)(H,75,76)/t60?,61-,62+,63+/m0/s1. The highest BCUT2D eigenvalue weighted by Gasteiger charge is 2.30. The Hall–Kier alpha value is -1.94. The molecule has 3 unspecified atom stereocenters. The van der Waals surface area contributed by atoms with Crippen LogP contribution in [0.15, 0.2) is 0 Å². The molecule has 6 atom stereocenters. The van der Waals surface area contributed by atoms with Crippen molar-refractivity contribution in [1.82, 2.24) is 0 Å². The number of phosphoric ester groups is 2. The number of carbonyl (C=O) groups is 4. The highest BCUT2D eigenvalue weighted by Crippen LogP contribution is 2.45. The first kappa shape index (κ1) is 84.1. The minimum Gasteiger partial charge on any atom is -0.462 e. The molecular formula is C67H130O17P2. The SMILES string of the molecule is CCC(C)CCCCCCCCC(=O)OC[C@H](COP(=O)(O)OC[C@@H](O)COP(=O)(O)OC[C@@H](COC(=O)CCCCCCCCC(C)C)OC(=O)CCCCCCCCCCCCCCC(C)C)OC(=O)CCCCCCCCCCCC(C)C. The quantitative estimate of drug-likeness (QED) is 0.0222. The lowest BCUT2D eigenvalue weighted by Gasteiger charge is -2.21. The van der Waals surface area contributed by atoms with Crippen molar-refractivity contribution >= 4 is 39.5 Å². The van der Waals surface area contributed by atoms with Gasteiger partial charge >= 0.3 is 39.5 Å². The first-order chi connectivity index (χ1) is 41.1. The number of rotatable bonds is 64. The van der Waals surface area contributed by atoms with Gasteiger partial charge in [-0.2, -0.15) is 0 Å². The number of carbonyl (C=O) groups excluding carboxylic acids is 4. The Morgan fingerprint density at radius 3 is 0.826 bits per heavy atom. The number of hydrogen-bond donors (Lipinski definition) is 3. The number of aliphatic hydroxyl groups excluding tert-OH is 1. The summed E-state index contributed by atoms with van der Waals surface area (Å²) in [7, 11) is -9.90. The molecule has 0 fully saturated rings. The van der Waals surface area contributed by atoms with E-state index in [-0.39, 0.29) is 25.7 Å². The number of hydrogen-bond acceptors (Lipinski definition) is 15. The molecule has 510 valence electrons. The Labute approximate surface area is 524 Å². The summed E-state index contributed by atoms with van der Waals surface area (Å²) in [5, 5.41) is 10.6. The maximum atomic E-state index is 13.0. The first-order valence-electron chi connectivity index (χ1n) is 34.7. The molecule has 0 rings (SSSR count). The average molecular weight is 1270 g/mol. The van der Waals surface area contributed by atoms with E-state index in [1.54, 1.807) is 0 Å². The van der Waals surface area contributed by atoms with Gasteiger partial charge in [-0.1, -0.05) is 274 Å². The zero-order chi connectivity index (χ0) is 63.9. The predicted octanol–water partition coefficient (Wildman–Crippen LogP) is 18.5. The third-order valence-electron chi connectivity index (χ3n) is 15.7. The fourth-order valence-corrected chi connectivity index (χ4v) is 11.5. The summed E-state index contributed by atoms with van der Waals surface area (Å²) in [6, 6.07) is 0. The summed E-state index contributed by atoms with van der Waals surface area (Å²) in [6.45, 7) is 14.0. The molecule has 86 heavy (non-hydrogen) atoms. The largest absolute Gasteiger partial charge is 0.472 e. The van der Waals surface area contributed by atoms with Gasteiger partial charge in [0.05, 0.1) is 26.4 Å². The molecule has 0 aliphatic heterocycles. The minimum atomic E-state index is -4.95. The molecular weight excluding hydrogens is 1140 g/mol. The normalized spacial score (nSPS) is 14.7. The summed E-state index contributed by atoms with van der Waals surface area (Å²) in [6.07, 6.45) is 37.7. The number of esters is 4. The van der Waals surface area contributed by atoms with E-state index < -0.39 is 97.5 Å². The monoisotopic (exact) mass is 1270 g/mol. The van der Waals surface area contributed by atoms with E-state index in [2.05, 4.69) is 55.4 Å². The molecule has 0 aliphatic rings. The predicted molar refractivity (Wildman–Crippen MR) is 344 cm³/mol. The molecule has 0 aromatic carbocycles. The van der Waals surface area contributed by atoms with Gasteiger partial charge in [-0.3, -0.25) is 37.3 Å². The summed E-state index contributed by atoms with van der Waals surface area (Å²) < 4.78 is 68.1. The van der Waals surface area contributed by atoms with Gasteiger partial charge in [0.1, 0.15) is 19.3 Å². The van der Waals surface area contributed by atoms with Crippen molar-refractivity contribution in [2.75, 3.05) is 39.6 Å². The van der Waals surface area contributed by atoms with E-state index in [1.807, 2.05) is 0 Å². The molecule has 0 saturated carbocycles. The molecule has 0 aromatic rings. The Bertz CT molecular complexity index is 1720. The lowest BCUT2D eigenvalue weighted by atomic mass is 10.00. The Morgan fingerprint density at radius 2 is 0.558 bits per heavy atom. The van der Waals surface area contributed by atoms with Gasteiger partial charge < -0.3 is 33.8 Å².